The summed E-state index contributed by atoms with van der Waals surface area (Å²) in [5.41, 5.74) is 0. The first-order valence-corrected chi connectivity index (χ1v) is 6.05. The molecule has 0 aliphatic carbocycles. The molecule has 0 atom stereocenters. The van der Waals surface area contributed by atoms with E-state index in [0.29, 0.717) is 13.0 Å². The number of benzene rings is 1. The minimum absolute atomic E-state index is 0.0158. The van der Waals surface area contributed by atoms with Gasteiger partial charge in [0.15, 0.2) is 0 Å². The summed E-state index contributed by atoms with van der Waals surface area (Å²) in [6, 6.07) is 7.76. The van der Waals surface area contributed by atoms with Crippen LogP contribution in [0.25, 0.3) is 0 Å². The highest BCUT2D eigenvalue weighted by Crippen LogP contribution is 2.23. The van der Waals surface area contributed by atoms with Crippen LogP contribution in [0.4, 0.5) is 0 Å². The molecule has 0 unspecified atom stereocenters. The van der Waals surface area contributed by atoms with E-state index in [-0.39, 0.29) is 11.9 Å². The van der Waals surface area contributed by atoms with Crippen LogP contribution in [-0.4, -0.2) is 18.6 Å². The maximum atomic E-state index is 11.3. The topological polar surface area (TPSA) is 38.3 Å². The van der Waals surface area contributed by atoms with Crippen LogP contribution in [0.15, 0.2) is 28.7 Å². The summed E-state index contributed by atoms with van der Waals surface area (Å²) >= 11 is 3.38. The number of halogens is 1. The van der Waals surface area contributed by atoms with Crippen molar-refractivity contribution in [2.24, 2.45) is 0 Å². The Kier molecular flexibility index (Phi) is 5.32. The molecule has 0 heterocycles. The molecule has 0 bridgehead atoms. The molecule has 0 saturated heterocycles. The van der Waals surface area contributed by atoms with Gasteiger partial charge < -0.3 is 10.1 Å². The number of carbonyl (C=O) groups is 1. The monoisotopic (exact) mass is 285 g/mol. The zero-order valence-electron chi connectivity index (χ0n) is 9.50. The number of hydrogen-bond donors (Lipinski definition) is 1. The van der Waals surface area contributed by atoms with E-state index in [1.807, 2.05) is 38.1 Å². The van der Waals surface area contributed by atoms with E-state index in [4.69, 9.17) is 4.74 Å². The van der Waals surface area contributed by atoms with Crippen LogP contribution >= 0.6 is 15.9 Å². The molecule has 1 rings (SSSR count). The molecule has 0 aromatic heterocycles. The molecule has 3 nitrogen and oxygen atoms in total. The number of amides is 1. The lowest BCUT2D eigenvalue weighted by molar-refractivity contribution is -0.122. The Morgan fingerprint density at radius 3 is 2.75 bits per heavy atom. The lowest BCUT2D eigenvalue weighted by atomic mass is 10.3. The van der Waals surface area contributed by atoms with Crippen molar-refractivity contribution in [1.82, 2.24) is 5.32 Å². The standard InChI is InChI=1S/C12H16BrNO2/c1-9(2)14-12(15)7-8-16-11-6-4-3-5-10(11)13/h3-6,9H,7-8H2,1-2H3,(H,14,15). The van der Waals surface area contributed by atoms with E-state index in [2.05, 4.69) is 21.2 Å². The highest BCUT2D eigenvalue weighted by Gasteiger charge is 2.04. The van der Waals surface area contributed by atoms with Crippen LogP contribution in [-0.2, 0) is 4.79 Å². The van der Waals surface area contributed by atoms with Crippen molar-refractivity contribution >= 4 is 21.8 Å². The molecule has 16 heavy (non-hydrogen) atoms. The predicted octanol–water partition coefficient (Wildman–Crippen LogP) is 2.74. The summed E-state index contributed by atoms with van der Waals surface area (Å²) in [6.07, 6.45) is 0.375. The minimum Gasteiger partial charge on any atom is -0.492 e. The third-order valence-electron chi connectivity index (χ3n) is 1.87. The van der Waals surface area contributed by atoms with Crippen LogP contribution < -0.4 is 10.1 Å². The zero-order valence-corrected chi connectivity index (χ0v) is 11.1. The molecule has 0 spiro atoms. The van der Waals surface area contributed by atoms with E-state index >= 15 is 0 Å². The SMILES string of the molecule is CC(C)NC(=O)CCOc1ccccc1Br. The van der Waals surface area contributed by atoms with Crippen molar-refractivity contribution < 1.29 is 9.53 Å². The molecule has 4 heteroatoms. The first-order chi connectivity index (χ1) is 7.59. The van der Waals surface area contributed by atoms with Gasteiger partial charge in [0.2, 0.25) is 5.91 Å². The van der Waals surface area contributed by atoms with Gasteiger partial charge in [-0.05, 0) is 41.9 Å². The van der Waals surface area contributed by atoms with Gasteiger partial charge in [-0.2, -0.15) is 0 Å². The summed E-state index contributed by atoms with van der Waals surface area (Å²) in [5.74, 6) is 0.780. The number of nitrogens with one attached hydrogen (secondary N) is 1. The normalized spacial score (nSPS) is 10.2. The van der Waals surface area contributed by atoms with Gasteiger partial charge >= 0.3 is 0 Å². The first kappa shape index (κ1) is 13.0. The Morgan fingerprint density at radius 1 is 1.44 bits per heavy atom. The summed E-state index contributed by atoms with van der Waals surface area (Å²) < 4.78 is 6.38. The number of hydrogen-bond acceptors (Lipinski definition) is 2. The third kappa shape index (κ3) is 4.66. The van der Waals surface area contributed by atoms with Crippen molar-refractivity contribution in [3.63, 3.8) is 0 Å². The average molecular weight is 286 g/mol. The second kappa shape index (κ2) is 6.53. The zero-order chi connectivity index (χ0) is 12.0. The molecular weight excluding hydrogens is 270 g/mol. The van der Waals surface area contributed by atoms with Crippen molar-refractivity contribution in [1.29, 1.82) is 0 Å². The van der Waals surface area contributed by atoms with Crippen molar-refractivity contribution in [3.05, 3.63) is 28.7 Å². The smallest absolute Gasteiger partial charge is 0.223 e. The van der Waals surface area contributed by atoms with Gasteiger partial charge in [-0.25, -0.2) is 0 Å². The lowest BCUT2D eigenvalue weighted by Crippen LogP contribution is -2.31. The van der Waals surface area contributed by atoms with Gasteiger partial charge in [0.25, 0.3) is 0 Å². The second-order valence-corrected chi connectivity index (χ2v) is 4.61. The molecule has 1 N–H and O–H groups in total. The molecule has 1 amide bonds. The molecule has 1 aromatic rings. The number of carbonyl (C=O) groups excluding carboxylic acids is 1. The van der Waals surface area contributed by atoms with E-state index in [1.165, 1.54) is 0 Å². The predicted molar refractivity (Wildman–Crippen MR) is 67.5 cm³/mol. The molecular formula is C12H16BrNO2. The summed E-state index contributed by atoms with van der Waals surface area (Å²) in [6.45, 7) is 4.26. The number of para-hydroxylation sites is 1. The molecule has 0 saturated carbocycles. The van der Waals surface area contributed by atoms with E-state index in [9.17, 15) is 4.79 Å². The summed E-state index contributed by atoms with van der Waals surface area (Å²) in [5, 5.41) is 2.81. The fourth-order valence-corrected chi connectivity index (χ4v) is 1.61. The highest BCUT2D eigenvalue weighted by atomic mass is 79.9. The van der Waals surface area contributed by atoms with Gasteiger partial charge in [-0.1, -0.05) is 12.1 Å². The van der Waals surface area contributed by atoms with Crippen molar-refractivity contribution in [2.75, 3.05) is 6.61 Å². The molecule has 0 fully saturated rings. The Labute approximate surface area is 104 Å². The Bertz CT molecular complexity index is 353. The quantitative estimate of drug-likeness (QED) is 0.903. The molecule has 0 aliphatic rings. The van der Waals surface area contributed by atoms with Crippen LogP contribution in [0, 0.1) is 0 Å². The van der Waals surface area contributed by atoms with Crippen molar-refractivity contribution in [2.45, 2.75) is 26.3 Å². The molecule has 0 aliphatic heterocycles. The maximum absolute atomic E-state index is 11.3. The van der Waals surface area contributed by atoms with Gasteiger partial charge in [0.1, 0.15) is 5.75 Å². The summed E-state index contributed by atoms with van der Waals surface area (Å²) in [7, 11) is 0. The van der Waals surface area contributed by atoms with Crippen LogP contribution in [0.1, 0.15) is 20.3 Å². The Balaban J connectivity index is 2.31. The molecule has 0 radical (unpaired) electrons. The van der Waals surface area contributed by atoms with Gasteiger partial charge in [-0.15, -0.1) is 0 Å². The van der Waals surface area contributed by atoms with Crippen LogP contribution in [0.5, 0.6) is 5.75 Å². The molecule has 88 valence electrons. The number of rotatable bonds is 5. The van der Waals surface area contributed by atoms with E-state index in [1.54, 1.807) is 0 Å². The van der Waals surface area contributed by atoms with E-state index in [0.717, 1.165) is 10.2 Å². The molecule has 1 aromatic carbocycles. The number of ether oxygens (including phenoxy) is 1. The summed E-state index contributed by atoms with van der Waals surface area (Å²) in [4.78, 5) is 11.3. The first-order valence-electron chi connectivity index (χ1n) is 5.26. The fraction of sp³-hybridized carbons (Fsp3) is 0.417. The average Bonchev–Trinajstić information content (AvgIpc) is 2.19. The third-order valence-corrected chi connectivity index (χ3v) is 2.53. The second-order valence-electron chi connectivity index (χ2n) is 3.75. The largest absolute Gasteiger partial charge is 0.492 e. The Hall–Kier alpha value is -1.03. The van der Waals surface area contributed by atoms with Gasteiger partial charge in [0, 0.05) is 6.04 Å². The van der Waals surface area contributed by atoms with E-state index < -0.39 is 0 Å². The maximum Gasteiger partial charge on any atom is 0.223 e. The van der Waals surface area contributed by atoms with Crippen LogP contribution in [0.2, 0.25) is 0 Å². The van der Waals surface area contributed by atoms with Crippen LogP contribution in [0.3, 0.4) is 0 Å². The van der Waals surface area contributed by atoms with Crippen molar-refractivity contribution in [3.8, 4) is 5.75 Å². The minimum atomic E-state index is 0.0158. The highest BCUT2D eigenvalue weighted by molar-refractivity contribution is 9.10. The van der Waals surface area contributed by atoms with Gasteiger partial charge in [-0.3, -0.25) is 4.79 Å². The fourth-order valence-electron chi connectivity index (χ4n) is 1.21. The van der Waals surface area contributed by atoms with Gasteiger partial charge in [0.05, 0.1) is 17.5 Å². The Morgan fingerprint density at radius 2 is 2.12 bits per heavy atom. The lowest BCUT2D eigenvalue weighted by Gasteiger charge is -2.10.